The topological polar surface area (TPSA) is 146 Å². The smallest absolute Gasteiger partial charge is 0.338 e. The lowest BCUT2D eigenvalue weighted by Gasteiger charge is -2.61. The Morgan fingerprint density at radius 2 is 1.49 bits per heavy atom. The molecule has 0 amide bonds. The Morgan fingerprint density at radius 3 is 2.15 bits per heavy atom. The van der Waals surface area contributed by atoms with Gasteiger partial charge >= 0.3 is 17.9 Å². The molecule has 2 heterocycles. The number of rotatable bonds is 8. The molecule has 5 fully saturated rings. The Balaban J connectivity index is 0.991. The van der Waals surface area contributed by atoms with Gasteiger partial charge in [-0.3, -0.25) is 0 Å². The first-order valence-corrected chi connectivity index (χ1v) is 19.4. The van der Waals surface area contributed by atoms with Crippen molar-refractivity contribution in [2.45, 2.75) is 102 Å². The summed E-state index contributed by atoms with van der Waals surface area (Å²) in [6, 6.07) is 16.2. The van der Waals surface area contributed by atoms with Crippen molar-refractivity contribution >= 4 is 17.9 Å². The van der Waals surface area contributed by atoms with Crippen molar-refractivity contribution in [3.05, 3.63) is 93.9 Å². The molecule has 6 aliphatic rings. The molecule has 2 aromatic rings. The zero-order valence-corrected chi connectivity index (χ0v) is 30.5. The quantitative estimate of drug-likeness (QED) is 0.0665. The summed E-state index contributed by atoms with van der Waals surface area (Å²) < 4.78 is 30.4. The van der Waals surface area contributed by atoms with Crippen molar-refractivity contribution in [1.29, 1.82) is 0 Å². The molecule has 11 heteroatoms. The van der Waals surface area contributed by atoms with Crippen LogP contribution in [0.3, 0.4) is 0 Å². The molecule has 12 atom stereocenters. The van der Waals surface area contributed by atoms with Gasteiger partial charge in [0.2, 0.25) is 0 Å². The molecule has 4 saturated carbocycles. The van der Waals surface area contributed by atoms with Crippen LogP contribution in [0.1, 0.15) is 92.4 Å². The van der Waals surface area contributed by atoms with Crippen LogP contribution in [0.2, 0.25) is 0 Å². The lowest BCUT2D eigenvalue weighted by molar-refractivity contribution is -0.271. The number of carbonyl (C=O) groups excluding carboxylic acids is 3. The van der Waals surface area contributed by atoms with Crippen LogP contribution in [0.15, 0.2) is 77.4 Å². The first-order valence-electron chi connectivity index (χ1n) is 19.4. The number of azide groups is 1. The van der Waals surface area contributed by atoms with E-state index in [9.17, 15) is 19.9 Å². The zero-order valence-electron chi connectivity index (χ0n) is 30.5. The van der Waals surface area contributed by atoms with Crippen molar-refractivity contribution in [3.63, 3.8) is 0 Å². The van der Waals surface area contributed by atoms with Crippen molar-refractivity contribution in [1.82, 2.24) is 0 Å². The van der Waals surface area contributed by atoms with E-state index < -0.39 is 36.5 Å². The molecule has 0 radical (unpaired) electrons. The second-order valence-electron chi connectivity index (χ2n) is 16.6. The van der Waals surface area contributed by atoms with Crippen LogP contribution < -0.4 is 0 Å². The van der Waals surface area contributed by atoms with Crippen LogP contribution >= 0.6 is 0 Å². The van der Waals surface area contributed by atoms with Crippen LogP contribution in [0.5, 0.6) is 0 Å². The van der Waals surface area contributed by atoms with E-state index in [0.29, 0.717) is 47.3 Å². The van der Waals surface area contributed by atoms with Crippen LogP contribution in [0.25, 0.3) is 10.4 Å². The standard InChI is InChI=1S/C42H49N3O8/c1-41-19-17-29(22-28(41)13-14-30-32-16-15-31(27-21-35(46)49-23-27)42(32,2)20-18-33(30)41)51-40-37(53-39(48)26-11-7-4-8-12-26)36(34(24-50-40)44-45-43)52-38(47)25-9-5-3-6-10-25/h3-12,21,28-34,36-37,40H,13-20,22-24H2,1-2H3/t28-,29+,30+,31-,32+,33+,34+,36-,37+,40-,41+,42-/m1/s1. The second-order valence-corrected chi connectivity index (χ2v) is 16.6. The summed E-state index contributed by atoms with van der Waals surface area (Å²) in [6.07, 6.45) is 8.07. The van der Waals surface area contributed by atoms with E-state index in [1.54, 1.807) is 60.7 Å². The molecule has 0 aromatic heterocycles. The van der Waals surface area contributed by atoms with Crippen molar-refractivity contribution in [3.8, 4) is 0 Å². The van der Waals surface area contributed by atoms with Gasteiger partial charge in [0.05, 0.1) is 23.8 Å². The van der Waals surface area contributed by atoms with E-state index in [-0.39, 0.29) is 29.5 Å². The normalized spacial score (nSPS) is 38.9. The summed E-state index contributed by atoms with van der Waals surface area (Å²) in [6.45, 7) is 5.39. The maximum absolute atomic E-state index is 13.5. The van der Waals surface area contributed by atoms with E-state index in [0.717, 1.165) is 32.1 Å². The van der Waals surface area contributed by atoms with Gasteiger partial charge in [0, 0.05) is 11.0 Å². The van der Waals surface area contributed by atoms with Gasteiger partial charge in [-0.25, -0.2) is 14.4 Å². The Bertz CT molecular complexity index is 1780. The third-order valence-electron chi connectivity index (χ3n) is 14.2. The Labute approximate surface area is 310 Å². The molecule has 8 rings (SSSR count). The van der Waals surface area contributed by atoms with Crippen molar-refractivity contribution in [2.24, 2.45) is 45.5 Å². The molecule has 2 aromatic carbocycles. The van der Waals surface area contributed by atoms with Gasteiger partial charge in [-0.05, 0) is 134 Å². The monoisotopic (exact) mass is 723 g/mol. The maximum atomic E-state index is 13.5. The highest BCUT2D eigenvalue weighted by Gasteiger charge is 2.61. The summed E-state index contributed by atoms with van der Waals surface area (Å²) in [5.74, 6) is 1.46. The van der Waals surface area contributed by atoms with Crippen LogP contribution in [-0.2, 0) is 28.5 Å². The summed E-state index contributed by atoms with van der Waals surface area (Å²) in [4.78, 5) is 41.8. The minimum absolute atomic E-state index is 0.0587. The highest BCUT2D eigenvalue weighted by molar-refractivity contribution is 5.90. The van der Waals surface area contributed by atoms with E-state index >= 15 is 0 Å². The molecular weight excluding hydrogens is 674 g/mol. The van der Waals surface area contributed by atoms with E-state index in [1.165, 1.54) is 31.3 Å². The molecular formula is C42H49N3O8. The fourth-order valence-electron chi connectivity index (χ4n) is 11.6. The number of esters is 3. The number of nitrogens with zero attached hydrogens (tertiary/aromatic N) is 3. The average Bonchev–Trinajstić information content (AvgIpc) is 3.76. The van der Waals surface area contributed by atoms with E-state index in [2.05, 4.69) is 23.9 Å². The first-order chi connectivity index (χ1) is 25.7. The summed E-state index contributed by atoms with van der Waals surface area (Å²) in [7, 11) is 0. The average molecular weight is 724 g/mol. The molecule has 53 heavy (non-hydrogen) atoms. The highest BCUT2D eigenvalue weighted by atomic mass is 16.7. The van der Waals surface area contributed by atoms with Gasteiger partial charge in [0.1, 0.15) is 12.6 Å². The molecule has 11 nitrogen and oxygen atoms in total. The van der Waals surface area contributed by atoms with Gasteiger partial charge in [0.25, 0.3) is 0 Å². The molecule has 1 saturated heterocycles. The number of hydrogen-bond donors (Lipinski definition) is 0. The third-order valence-corrected chi connectivity index (χ3v) is 14.2. The van der Waals surface area contributed by atoms with Gasteiger partial charge in [-0.15, -0.1) is 0 Å². The van der Waals surface area contributed by atoms with Crippen LogP contribution in [0.4, 0.5) is 0 Å². The largest absolute Gasteiger partial charge is 0.458 e. The molecule has 2 aliphatic heterocycles. The van der Waals surface area contributed by atoms with Gasteiger partial charge in [-0.2, -0.15) is 0 Å². The second kappa shape index (κ2) is 14.6. The minimum atomic E-state index is -1.18. The Kier molecular flexibility index (Phi) is 9.85. The first kappa shape index (κ1) is 35.8. The third kappa shape index (κ3) is 6.66. The van der Waals surface area contributed by atoms with Crippen LogP contribution in [-0.4, -0.2) is 61.8 Å². The number of ether oxygens (including phenoxy) is 5. The number of hydrogen-bond acceptors (Lipinski definition) is 9. The van der Waals surface area contributed by atoms with Gasteiger partial charge < -0.3 is 23.7 Å². The number of benzene rings is 2. The fourth-order valence-corrected chi connectivity index (χ4v) is 11.6. The number of fused-ring (bicyclic) bond motifs is 5. The SMILES string of the molecule is C[C@]12CC[C@H](O[C@H]3OC[C@H](N=[N+]=[N-])[C@@H](OC(=O)c4ccccc4)[C@@H]3OC(=O)c3ccccc3)C[C@H]1CC[C@@H]1[C@@H]2CC[C@]2(C)[C@@H](C3=CC(=O)OC3)CC[C@@H]12. The minimum Gasteiger partial charge on any atom is -0.458 e. The molecule has 0 spiro atoms. The summed E-state index contributed by atoms with van der Waals surface area (Å²) in [5.41, 5.74) is 11.7. The predicted octanol–water partition coefficient (Wildman–Crippen LogP) is 8.00. The maximum Gasteiger partial charge on any atom is 0.338 e. The van der Waals surface area contributed by atoms with E-state index in [1.807, 2.05) is 6.07 Å². The molecule has 0 unspecified atom stereocenters. The lowest BCUT2D eigenvalue weighted by atomic mass is 9.44. The molecule has 0 bridgehead atoms. The zero-order chi connectivity index (χ0) is 36.7. The summed E-state index contributed by atoms with van der Waals surface area (Å²) >= 11 is 0. The number of carbonyl (C=O) groups is 3. The van der Waals surface area contributed by atoms with Gasteiger partial charge in [0.15, 0.2) is 18.5 Å². The highest BCUT2D eigenvalue weighted by Crippen LogP contribution is 2.68. The van der Waals surface area contributed by atoms with Crippen LogP contribution in [0, 0.1) is 40.4 Å². The lowest BCUT2D eigenvalue weighted by Crippen LogP contribution is -2.58. The number of cyclic esters (lactones) is 1. The van der Waals surface area contributed by atoms with Crippen molar-refractivity contribution < 1.29 is 38.1 Å². The fraction of sp³-hybridized carbons (Fsp3) is 0.595. The predicted molar refractivity (Wildman–Crippen MR) is 193 cm³/mol. The molecule has 0 N–H and O–H groups in total. The van der Waals surface area contributed by atoms with Crippen molar-refractivity contribution in [2.75, 3.05) is 13.2 Å². The summed E-state index contributed by atoms with van der Waals surface area (Å²) in [5, 5.41) is 3.89. The van der Waals surface area contributed by atoms with Gasteiger partial charge in [-0.1, -0.05) is 55.4 Å². The molecule has 4 aliphatic carbocycles. The molecule has 280 valence electrons. The Morgan fingerprint density at radius 1 is 0.830 bits per heavy atom. The Hall–Kier alpha value is -4.18. The van der Waals surface area contributed by atoms with E-state index in [4.69, 9.17) is 23.7 Å².